The fraction of sp³-hybridized carbons (Fsp3) is 0.263. The second-order valence-corrected chi connectivity index (χ2v) is 8.25. The molecule has 0 bridgehead atoms. The Labute approximate surface area is 170 Å². The molecule has 142 valence electrons. The maximum absolute atomic E-state index is 6.61. The van der Waals surface area contributed by atoms with Crippen molar-refractivity contribution in [3.8, 4) is 0 Å². The number of nitrogens with two attached hydrogens (primary N) is 1. The summed E-state index contributed by atoms with van der Waals surface area (Å²) in [5, 5.41) is 3.24. The zero-order valence-electron chi connectivity index (χ0n) is 15.2. The predicted molar refractivity (Wildman–Crippen MR) is 112 cm³/mol. The molecule has 0 spiro atoms. The van der Waals surface area contributed by atoms with Crippen molar-refractivity contribution >= 4 is 51.1 Å². The summed E-state index contributed by atoms with van der Waals surface area (Å²) >= 11 is 8.11. The van der Waals surface area contributed by atoms with Crippen LogP contribution in [0.3, 0.4) is 0 Å². The molecule has 5 rings (SSSR count). The van der Waals surface area contributed by atoms with Gasteiger partial charge in [-0.1, -0.05) is 24.6 Å². The van der Waals surface area contributed by atoms with E-state index in [2.05, 4.69) is 26.8 Å². The fourth-order valence-corrected chi connectivity index (χ4v) is 4.54. The van der Waals surface area contributed by atoms with Gasteiger partial charge in [0.25, 0.3) is 0 Å². The molecule has 0 amide bonds. The number of anilines is 1. The Bertz CT molecular complexity index is 1190. The van der Waals surface area contributed by atoms with Gasteiger partial charge in [-0.3, -0.25) is 0 Å². The topological polar surface area (TPSA) is 96.6 Å². The number of H-pyrrole nitrogens is 1. The number of hydrogen-bond acceptors (Lipinski definition) is 7. The molecule has 3 aromatic heterocycles. The van der Waals surface area contributed by atoms with E-state index in [9.17, 15) is 0 Å². The van der Waals surface area contributed by atoms with Gasteiger partial charge in [-0.15, -0.1) is 0 Å². The molecule has 9 heteroatoms. The number of halogens is 1. The monoisotopic (exact) mass is 411 g/mol. The second kappa shape index (κ2) is 6.88. The summed E-state index contributed by atoms with van der Waals surface area (Å²) in [6.07, 6.45) is 4.16. The van der Waals surface area contributed by atoms with E-state index in [0.717, 1.165) is 57.9 Å². The van der Waals surface area contributed by atoms with Crippen LogP contribution in [-0.2, 0) is 6.42 Å². The molecule has 0 atom stereocenters. The first-order valence-electron chi connectivity index (χ1n) is 9.08. The molecule has 1 fully saturated rings. The molecule has 4 heterocycles. The van der Waals surface area contributed by atoms with Crippen molar-refractivity contribution in [2.75, 3.05) is 18.0 Å². The van der Waals surface area contributed by atoms with Crippen molar-refractivity contribution in [1.82, 2.24) is 24.9 Å². The average Bonchev–Trinajstić information content (AvgIpc) is 3.00. The predicted octanol–water partition coefficient (Wildman–Crippen LogP) is 3.42. The van der Waals surface area contributed by atoms with Crippen LogP contribution < -0.4 is 10.6 Å². The van der Waals surface area contributed by atoms with Crippen molar-refractivity contribution in [2.45, 2.75) is 29.4 Å². The molecule has 1 aliphatic heterocycles. The lowest BCUT2D eigenvalue weighted by Gasteiger charge is -2.38. The van der Waals surface area contributed by atoms with Gasteiger partial charge in [-0.2, -0.15) is 0 Å². The quantitative estimate of drug-likeness (QED) is 0.496. The smallest absolute Gasteiger partial charge is 0.196 e. The number of rotatable bonds is 4. The lowest BCUT2D eigenvalue weighted by Crippen LogP contribution is -2.56. The maximum Gasteiger partial charge on any atom is 0.196 e. The SMILES string of the molecule is CCc1[nH]c2nc(Sc3ccc4cncnc4c3)nc(N3CC(N)C3)c2c1Cl. The van der Waals surface area contributed by atoms with E-state index in [1.54, 1.807) is 12.5 Å². The Balaban J connectivity index is 1.58. The molecule has 0 saturated carbocycles. The first-order chi connectivity index (χ1) is 13.6. The molecule has 1 aliphatic rings. The number of aromatic nitrogens is 5. The summed E-state index contributed by atoms with van der Waals surface area (Å²) in [5.41, 5.74) is 8.62. The fourth-order valence-electron chi connectivity index (χ4n) is 3.40. The molecule has 1 saturated heterocycles. The zero-order valence-corrected chi connectivity index (χ0v) is 16.8. The Kier molecular flexibility index (Phi) is 4.34. The highest BCUT2D eigenvalue weighted by Crippen LogP contribution is 2.38. The molecule has 0 radical (unpaired) electrons. The largest absolute Gasteiger partial charge is 0.353 e. The van der Waals surface area contributed by atoms with Crippen molar-refractivity contribution in [3.05, 3.63) is 41.4 Å². The van der Waals surface area contributed by atoms with Gasteiger partial charge in [-0.25, -0.2) is 19.9 Å². The Hall–Kier alpha value is -2.42. The maximum atomic E-state index is 6.61. The van der Waals surface area contributed by atoms with Crippen molar-refractivity contribution in [3.63, 3.8) is 0 Å². The van der Waals surface area contributed by atoms with Crippen LogP contribution in [-0.4, -0.2) is 44.1 Å². The van der Waals surface area contributed by atoms with E-state index < -0.39 is 0 Å². The van der Waals surface area contributed by atoms with Gasteiger partial charge in [0.2, 0.25) is 0 Å². The highest BCUT2D eigenvalue weighted by Gasteiger charge is 2.29. The highest BCUT2D eigenvalue weighted by atomic mass is 35.5. The van der Waals surface area contributed by atoms with E-state index in [1.807, 2.05) is 18.2 Å². The van der Waals surface area contributed by atoms with Crippen LogP contribution in [0, 0.1) is 0 Å². The number of nitrogens with zero attached hydrogens (tertiary/aromatic N) is 5. The lowest BCUT2D eigenvalue weighted by molar-refractivity contribution is 0.514. The van der Waals surface area contributed by atoms with Crippen LogP contribution in [0.5, 0.6) is 0 Å². The summed E-state index contributed by atoms with van der Waals surface area (Å²) in [6.45, 7) is 3.61. The number of nitrogens with one attached hydrogen (secondary N) is 1. The van der Waals surface area contributed by atoms with Gasteiger partial charge in [-0.05, 0) is 30.3 Å². The summed E-state index contributed by atoms with van der Waals surface area (Å²) in [7, 11) is 0. The number of fused-ring (bicyclic) bond motifs is 2. The Morgan fingerprint density at radius 3 is 2.96 bits per heavy atom. The van der Waals surface area contributed by atoms with E-state index in [0.29, 0.717) is 10.2 Å². The molecule has 1 aromatic carbocycles. The number of benzene rings is 1. The number of aromatic amines is 1. The molecular formula is C19H18ClN7S. The van der Waals surface area contributed by atoms with Crippen LogP contribution in [0.1, 0.15) is 12.6 Å². The molecule has 4 aromatic rings. The first kappa shape index (κ1) is 17.7. The van der Waals surface area contributed by atoms with Crippen LogP contribution in [0.4, 0.5) is 5.82 Å². The third-order valence-corrected chi connectivity index (χ3v) is 6.15. The van der Waals surface area contributed by atoms with Crippen molar-refractivity contribution in [2.24, 2.45) is 5.73 Å². The number of aryl methyl sites for hydroxylation is 1. The summed E-state index contributed by atoms with van der Waals surface area (Å²) < 4.78 is 0. The summed E-state index contributed by atoms with van der Waals surface area (Å²) in [5.74, 6) is 0.846. The minimum Gasteiger partial charge on any atom is -0.353 e. The Morgan fingerprint density at radius 2 is 2.18 bits per heavy atom. The third-order valence-electron chi connectivity index (χ3n) is 4.87. The average molecular weight is 412 g/mol. The highest BCUT2D eigenvalue weighted by molar-refractivity contribution is 7.99. The van der Waals surface area contributed by atoms with E-state index >= 15 is 0 Å². The van der Waals surface area contributed by atoms with Gasteiger partial charge < -0.3 is 15.6 Å². The molecule has 28 heavy (non-hydrogen) atoms. The minimum atomic E-state index is 0.171. The van der Waals surface area contributed by atoms with Gasteiger partial charge in [0.15, 0.2) is 5.16 Å². The van der Waals surface area contributed by atoms with E-state index in [4.69, 9.17) is 27.3 Å². The normalized spacial score (nSPS) is 14.8. The standard InChI is InChI=1S/C19H18ClN7S/c1-2-13-16(20)15-17(24-13)25-19(26-18(15)27-7-11(21)8-27)28-12-4-3-10-6-22-9-23-14(10)5-12/h3-6,9,11H,2,7-8,21H2,1H3,(H,24,25,26). The first-order valence-corrected chi connectivity index (χ1v) is 10.3. The molecule has 0 aliphatic carbocycles. The zero-order chi connectivity index (χ0) is 19.3. The third kappa shape index (κ3) is 2.97. The van der Waals surface area contributed by atoms with Crippen LogP contribution in [0.2, 0.25) is 5.02 Å². The second-order valence-electron chi connectivity index (χ2n) is 6.83. The van der Waals surface area contributed by atoms with Crippen LogP contribution in [0.25, 0.3) is 21.9 Å². The van der Waals surface area contributed by atoms with Crippen LogP contribution >= 0.6 is 23.4 Å². The van der Waals surface area contributed by atoms with E-state index in [-0.39, 0.29) is 6.04 Å². The minimum absolute atomic E-state index is 0.171. The van der Waals surface area contributed by atoms with Gasteiger partial charge >= 0.3 is 0 Å². The summed E-state index contributed by atoms with van der Waals surface area (Å²) in [6, 6.07) is 6.23. The molecule has 7 nitrogen and oxygen atoms in total. The summed E-state index contributed by atoms with van der Waals surface area (Å²) in [4.78, 5) is 24.5. The molecular weight excluding hydrogens is 394 g/mol. The van der Waals surface area contributed by atoms with Crippen LogP contribution in [0.15, 0.2) is 40.8 Å². The van der Waals surface area contributed by atoms with Crippen molar-refractivity contribution < 1.29 is 0 Å². The van der Waals surface area contributed by atoms with Gasteiger partial charge in [0.05, 0.1) is 15.9 Å². The Morgan fingerprint density at radius 1 is 1.32 bits per heavy atom. The van der Waals surface area contributed by atoms with Crippen molar-refractivity contribution in [1.29, 1.82) is 0 Å². The number of hydrogen-bond donors (Lipinski definition) is 2. The lowest BCUT2D eigenvalue weighted by atomic mass is 10.1. The van der Waals surface area contributed by atoms with E-state index in [1.165, 1.54) is 11.8 Å². The van der Waals surface area contributed by atoms with Gasteiger partial charge in [0, 0.05) is 41.3 Å². The molecule has 0 unspecified atom stereocenters. The molecule has 3 N–H and O–H groups in total. The van der Waals surface area contributed by atoms with Gasteiger partial charge in [0.1, 0.15) is 17.8 Å².